The van der Waals surface area contributed by atoms with Gasteiger partial charge in [0.05, 0.1) is 11.5 Å². The first kappa shape index (κ1) is 11.4. The first-order chi connectivity index (χ1) is 8.20. The summed E-state index contributed by atoms with van der Waals surface area (Å²) < 4.78 is 0. The highest BCUT2D eigenvalue weighted by Crippen LogP contribution is 2.43. The van der Waals surface area contributed by atoms with E-state index in [1.807, 2.05) is 30.3 Å². The molecule has 0 aliphatic heterocycles. The third-order valence-electron chi connectivity index (χ3n) is 3.26. The molecule has 0 bridgehead atoms. The van der Waals surface area contributed by atoms with Crippen molar-refractivity contribution in [2.45, 2.75) is 24.3 Å². The fourth-order valence-corrected chi connectivity index (χ4v) is 2.29. The molecule has 2 rings (SSSR count). The Hall–Kier alpha value is -2.08. The van der Waals surface area contributed by atoms with Crippen LogP contribution in [0, 0.1) is 11.3 Å². The van der Waals surface area contributed by atoms with E-state index in [0.29, 0.717) is 12.8 Å². The van der Waals surface area contributed by atoms with E-state index in [4.69, 9.17) is 0 Å². The molecular weight excluding hydrogens is 212 g/mol. The van der Waals surface area contributed by atoms with E-state index < -0.39 is 5.41 Å². The maximum absolute atomic E-state index is 11.1. The summed E-state index contributed by atoms with van der Waals surface area (Å²) in [6, 6.07) is 12.2. The van der Waals surface area contributed by atoms with Crippen molar-refractivity contribution in [3.05, 3.63) is 48.6 Å². The summed E-state index contributed by atoms with van der Waals surface area (Å²) in [5.41, 5.74) is 0.604. The second kappa shape index (κ2) is 4.42. The minimum absolute atomic E-state index is 0.0837. The number of carbonyl (C=O) groups excluding carboxylic acids is 1. The lowest BCUT2D eigenvalue weighted by molar-refractivity contribution is -0.117. The fourth-order valence-electron chi connectivity index (χ4n) is 2.29. The lowest BCUT2D eigenvalue weighted by atomic mass is 9.62. The van der Waals surface area contributed by atoms with Gasteiger partial charge in [-0.2, -0.15) is 5.26 Å². The first-order valence-electron chi connectivity index (χ1n) is 5.60. The van der Waals surface area contributed by atoms with Gasteiger partial charge in [-0.05, 0) is 24.5 Å². The number of nitrogens with one attached hydrogen (secondary N) is 1. The topological polar surface area (TPSA) is 52.9 Å². The zero-order valence-corrected chi connectivity index (χ0v) is 9.52. The second-order valence-corrected chi connectivity index (χ2v) is 4.38. The van der Waals surface area contributed by atoms with E-state index in [1.165, 1.54) is 6.08 Å². The molecule has 1 fully saturated rings. The van der Waals surface area contributed by atoms with E-state index in [2.05, 4.69) is 18.0 Å². The number of nitriles is 1. The van der Waals surface area contributed by atoms with Crippen LogP contribution in [0.1, 0.15) is 18.4 Å². The molecule has 86 valence electrons. The third kappa shape index (κ3) is 2.07. The largest absolute Gasteiger partial charge is 0.350 e. The Morgan fingerprint density at radius 1 is 1.47 bits per heavy atom. The van der Waals surface area contributed by atoms with Crippen LogP contribution in [-0.4, -0.2) is 11.9 Å². The van der Waals surface area contributed by atoms with E-state index in [0.717, 1.165) is 5.56 Å². The number of benzene rings is 1. The summed E-state index contributed by atoms with van der Waals surface area (Å²) >= 11 is 0. The highest BCUT2D eigenvalue weighted by atomic mass is 16.1. The van der Waals surface area contributed by atoms with Crippen LogP contribution in [0.5, 0.6) is 0 Å². The van der Waals surface area contributed by atoms with Crippen LogP contribution in [0.25, 0.3) is 0 Å². The summed E-state index contributed by atoms with van der Waals surface area (Å²) in [4.78, 5) is 11.1. The van der Waals surface area contributed by atoms with Crippen LogP contribution in [0.2, 0.25) is 0 Å². The molecule has 0 spiro atoms. The van der Waals surface area contributed by atoms with Gasteiger partial charge in [-0.25, -0.2) is 0 Å². The monoisotopic (exact) mass is 226 g/mol. The van der Waals surface area contributed by atoms with Crippen molar-refractivity contribution in [3.63, 3.8) is 0 Å². The fraction of sp³-hybridized carbons (Fsp3) is 0.286. The molecule has 1 aromatic carbocycles. The Morgan fingerprint density at radius 2 is 2.12 bits per heavy atom. The SMILES string of the molecule is C=CC(=O)NC1CC(C#N)(c2ccccc2)C1. The molecule has 0 saturated heterocycles. The highest BCUT2D eigenvalue weighted by Gasteiger charge is 2.46. The average molecular weight is 226 g/mol. The third-order valence-corrected chi connectivity index (χ3v) is 3.26. The molecule has 17 heavy (non-hydrogen) atoms. The van der Waals surface area contributed by atoms with Gasteiger partial charge >= 0.3 is 0 Å². The van der Waals surface area contributed by atoms with Crippen LogP contribution < -0.4 is 5.32 Å². The molecular formula is C14H14N2O. The molecule has 1 aliphatic carbocycles. The molecule has 0 radical (unpaired) electrons. The van der Waals surface area contributed by atoms with E-state index in [1.54, 1.807) is 0 Å². The van der Waals surface area contributed by atoms with Gasteiger partial charge in [0.15, 0.2) is 0 Å². The molecule has 1 N–H and O–H groups in total. The predicted octanol–water partition coefficient (Wildman–Crippen LogP) is 1.91. The Morgan fingerprint density at radius 3 is 2.65 bits per heavy atom. The van der Waals surface area contributed by atoms with Gasteiger partial charge in [0.2, 0.25) is 5.91 Å². The van der Waals surface area contributed by atoms with Gasteiger partial charge in [0.25, 0.3) is 0 Å². The Balaban J connectivity index is 2.06. The molecule has 3 nitrogen and oxygen atoms in total. The van der Waals surface area contributed by atoms with E-state index >= 15 is 0 Å². The molecule has 0 aromatic heterocycles. The van der Waals surface area contributed by atoms with Crippen LogP contribution in [0.4, 0.5) is 0 Å². The maximum atomic E-state index is 11.1. The van der Waals surface area contributed by atoms with E-state index in [9.17, 15) is 10.1 Å². The van der Waals surface area contributed by atoms with Crippen LogP contribution in [-0.2, 0) is 10.2 Å². The normalized spacial score (nSPS) is 26.4. The molecule has 1 aromatic rings. The Labute approximate surface area is 101 Å². The molecule has 1 amide bonds. The number of hydrogen-bond donors (Lipinski definition) is 1. The summed E-state index contributed by atoms with van der Waals surface area (Å²) in [5, 5.41) is 12.1. The van der Waals surface area contributed by atoms with Crippen molar-refractivity contribution in [1.82, 2.24) is 5.32 Å². The van der Waals surface area contributed by atoms with Crippen molar-refractivity contribution in [3.8, 4) is 6.07 Å². The van der Waals surface area contributed by atoms with Gasteiger partial charge in [-0.1, -0.05) is 36.9 Å². The van der Waals surface area contributed by atoms with Crippen molar-refractivity contribution in [2.24, 2.45) is 0 Å². The molecule has 1 aliphatic rings. The zero-order valence-electron chi connectivity index (χ0n) is 9.52. The summed E-state index contributed by atoms with van der Waals surface area (Å²) in [7, 11) is 0. The molecule has 0 heterocycles. The number of nitrogens with zero attached hydrogens (tertiary/aromatic N) is 1. The highest BCUT2D eigenvalue weighted by molar-refractivity contribution is 5.87. The van der Waals surface area contributed by atoms with Gasteiger partial charge in [-0.15, -0.1) is 0 Å². The van der Waals surface area contributed by atoms with Crippen LogP contribution in [0.15, 0.2) is 43.0 Å². The minimum atomic E-state index is -0.430. The minimum Gasteiger partial charge on any atom is -0.350 e. The average Bonchev–Trinajstić information content (AvgIpc) is 2.34. The second-order valence-electron chi connectivity index (χ2n) is 4.38. The number of hydrogen-bond acceptors (Lipinski definition) is 2. The number of carbonyl (C=O) groups is 1. The lowest BCUT2D eigenvalue weighted by Gasteiger charge is -2.43. The molecule has 0 atom stereocenters. The summed E-state index contributed by atoms with van der Waals surface area (Å²) in [5.74, 6) is -0.172. The molecule has 0 unspecified atom stereocenters. The summed E-state index contributed by atoms with van der Waals surface area (Å²) in [6.45, 7) is 3.41. The van der Waals surface area contributed by atoms with Crippen molar-refractivity contribution < 1.29 is 4.79 Å². The van der Waals surface area contributed by atoms with Crippen molar-refractivity contribution in [2.75, 3.05) is 0 Å². The standard InChI is InChI=1S/C14H14N2O/c1-2-13(17)16-12-8-14(9-12,10-15)11-6-4-3-5-7-11/h2-7,12H,1,8-9H2,(H,16,17). The zero-order chi connectivity index (χ0) is 12.3. The van der Waals surface area contributed by atoms with E-state index in [-0.39, 0.29) is 11.9 Å². The van der Waals surface area contributed by atoms with Gasteiger partial charge in [-0.3, -0.25) is 4.79 Å². The summed E-state index contributed by atoms with van der Waals surface area (Å²) in [6.07, 6.45) is 2.61. The van der Waals surface area contributed by atoms with Crippen LogP contribution in [0.3, 0.4) is 0 Å². The first-order valence-corrected chi connectivity index (χ1v) is 5.60. The van der Waals surface area contributed by atoms with Crippen molar-refractivity contribution >= 4 is 5.91 Å². The lowest BCUT2D eigenvalue weighted by Crippen LogP contribution is -2.52. The molecule has 1 saturated carbocycles. The Bertz CT molecular complexity index is 467. The van der Waals surface area contributed by atoms with Crippen molar-refractivity contribution in [1.29, 1.82) is 5.26 Å². The van der Waals surface area contributed by atoms with Gasteiger partial charge < -0.3 is 5.32 Å². The quantitative estimate of drug-likeness (QED) is 0.800. The van der Waals surface area contributed by atoms with Crippen LogP contribution >= 0.6 is 0 Å². The van der Waals surface area contributed by atoms with Gasteiger partial charge in [0.1, 0.15) is 0 Å². The molecule has 3 heteroatoms. The predicted molar refractivity (Wildman–Crippen MR) is 65.1 cm³/mol. The number of amides is 1. The Kier molecular flexibility index (Phi) is 2.97. The maximum Gasteiger partial charge on any atom is 0.243 e. The van der Waals surface area contributed by atoms with Gasteiger partial charge in [0, 0.05) is 6.04 Å². The smallest absolute Gasteiger partial charge is 0.243 e. The number of rotatable bonds is 3.